The lowest BCUT2D eigenvalue weighted by molar-refractivity contribution is -0.142. The quantitative estimate of drug-likeness (QED) is 0.463. The van der Waals surface area contributed by atoms with Crippen LogP contribution in [0.25, 0.3) is 6.08 Å². The van der Waals surface area contributed by atoms with Crippen molar-refractivity contribution < 1.29 is 23.8 Å². The van der Waals surface area contributed by atoms with Crippen LogP contribution in [0.5, 0.6) is 11.5 Å². The van der Waals surface area contributed by atoms with E-state index in [0.717, 1.165) is 5.57 Å². The molecule has 0 bridgehead atoms. The molecule has 0 radical (unpaired) electrons. The fourth-order valence-electron chi connectivity index (χ4n) is 1.97. The number of hydrogen-bond acceptors (Lipinski definition) is 7. The number of allylic oxidation sites excluding steroid dienone is 2. The first-order valence-corrected chi connectivity index (χ1v) is 8.47. The second-order valence-electron chi connectivity index (χ2n) is 4.96. The highest BCUT2D eigenvalue weighted by Gasteiger charge is 2.23. The molecular formula is C17H17NO5S2. The Morgan fingerprint density at radius 1 is 1.36 bits per heavy atom. The van der Waals surface area contributed by atoms with Crippen molar-refractivity contribution in [3.8, 4) is 11.5 Å². The number of nitrogens with one attached hydrogen (secondary N) is 1. The second kappa shape index (κ2) is 8.68. The Labute approximate surface area is 155 Å². The van der Waals surface area contributed by atoms with E-state index in [1.165, 1.54) is 18.9 Å². The maximum atomic E-state index is 11.8. The number of carbonyl (C=O) groups is 2. The first-order chi connectivity index (χ1) is 11.9. The van der Waals surface area contributed by atoms with Crippen LogP contribution in [0, 0.1) is 0 Å². The van der Waals surface area contributed by atoms with Gasteiger partial charge in [-0.1, -0.05) is 36.1 Å². The molecule has 2 rings (SSSR count). The molecular weight excluding hydrogens is 362 g/mol. The summed E-state index contributed by atoms with van der Waals surface area (Å²) in [7, 11) is 2.86. The lowest BCUT2D eigenvalue weighted by Crippen LogP contribution is -2.18. The highest BCUT2D eigenvalue weighted by atomic mass is 32.2. The minimum Gasteiger partial charge on any atom is -0.497 e. The van der Waals surface area contributed by atoms with Crippen molar-refractivity contribution in [2.75, 3.05) is 20.8 Å². The molecule has 1 N–H and O–H groups in total. The van der Waals surface area contributed by atoms with E-state index in [4.69, 9.17) is 21.7 Å². The molecule has 1 aromatic carbocycles. The van der Waals surface area contributed by atoms with Gasteiger partial charge in [0.1, 0.15) is 15.8 Å². The average molecular weight is 379 g/mol. The summed E-state index contributed by atoms with van der Waals surface area (Å²) in [5, 5.41) is 2.58. The molecule has 1 aliphatic heterocycles. The van der Waals surface area contributed by atoms with Gasteiger partial charge in [-0.25, -0.2) is 4.79 Å². The van der Waals surface area contributed by atoms with Crippen molar-refractivity contribution in [1.82, 2.24) is 5.32 Å². The molecule has 0 saturated carbocycles. The van der Waals surface area contributed by atoms with E-state index in [2.05, 4.69) is 10.1 Å². The van der Waals surface area contributed by atoms with Crippen LogP contribution in [-0.4, -0.2) is 37.0 Å². The lowest BCUT2D eigenvalue weighted by Gasteiger charge is -2.10. The van der Waals surface area contributed by atoms with Gasteiger partial charge < -0.3 is 19.5 Å². The Morgan fingerprint density at radius 2 is 2.12 bits per heavy atom. The molecule has 0 unspecified atom stereocenters. The number of carbonyl (C=O) groups excluding carboxylic acids is 2. The number of thioether (sulfide) groups is 1. The lowest BCUT2D eigenvalue weighted by atomic mass is 10.1. The van der Waals surface area contributed by atoms with E-state index in [1.54, 1.807) is 37.5 Å². The second-order valence-corrected chi connectivity index (χ2v) is 6.64. The first-order valence-electron chi connectivity index (χ1n) is 7.24. The average Bonchev–Trinajstić information content (AvgIpc) is 2.96. The van der Waals surface area contributed by atoms with Crippen LogP contribution in [0.1, 0.15) is 12.5 Å². The predicted octanol–water partition coefficient (Wildman–Crippen LogP) is 2.68. The number of benzene rings is 1. The topological polar surface area (TPSA) is 73.9 Å². The number of ether oxygens (including phenoxy) is 3. The summed E-state index contributed by atoms with van der Waals surface area (Å²) in [6.07, 6.45) is 3.57. The Morgan fingerprint density at radius 3 is 2.72 bits per heavy atom. The molecule has 1 saturated heterocycles. The molecule has 1 aromatic rings. The summed E-state index contributed by atoms with van der Waals surface area (Å²) in [5.74, 6) is 0.463. The minimum absolute atomic E-state index is 0.198. The van der Waals surface area contributed by atoms with Gasteiger partial charge >= 0.3 is 5.97 Å². The molecule has 1 amide bonds. The molecule has 0 atom stereocenters. The van der Waals surface area contributed by atoms with Gasteiger partial charge in [-0.15, -0.1) is 0 Å². The van der Waals surface area contributed by atoms with Crippen LogP contribution >= 0.6 is 24.0 Å². The zero-order valence-corrected chi connectivity index (χ0v) is 15.6. The first kappa shape index (κ1) is 19.0. The van der Waals surface area contributed by atoms with Gasteiger partial charge in [0.2, 0.25) is 0 Å². The maximum absolute atomic E-state index is 11.8. The van der Waals surface area contributed by atoms with E-state index in [1.807, 2.05) is 6.92 Å². The summed E-state index contributed by atoms with van der Waals surface area (Å²) < 4.78 is 15.7. The molecule has 8 heteroatoms. The summed E-state index contributed by atoms with van der Waals surface area (Å²) in [5.41, 5.74) is 1.47. The van der Waals surface area contributed by atoms with E-state index < -0.39 is 5.97 Å². The van der Waals surface area contributed by atoms with E-state index in [-0.39, 0.29) is 12.5 Å². The Kier molecular flexibility index (Phi) is 6.60. The van der Waals surface area contributed by atoms with Crippen LogP contribution in [0.15, 0.2) is 34.8 Å². The number of amides is 1. The summed E-state index contributed by atoms with van der Waals surface area (Å²) >= 11 is 6.21. The zero-order chi connectivity index (χ0) is 18.4. The molecule has 132 valence electrons. The van der Waals surface area contributed by atoms with Gasteiger partial charge in [0, 0.05) is 5.56 Å². The molecule has 6 nitrogen and oxygen atoms in total. The van der Waals surface area contributed by atoms with Crippen molar-refractivity contribution in [1.29, 1.82) is 0 Å². The summed E-state index contributed by atoms with van der Waals surface area (Å²) in [6.45, 7) is 1.62. The van der Waals surface area contributed by atoms with Crippen LogP contribution in [0.2, 0.25) is 0 Å². The highest BCUT2D eigenvalue weighted by Crippen LogP contribution is 2.29. The van der Waals surface area contributed by atoms with Crippen molar-refractivity contribution >= 4 is 46.3 Å². The van der Waals surface area contributed by atoms with Crippen molar-refractivity contribution in [2.24, 2.45) is 0 Å². The van der Waals surface area contributed by atoms with E-state index in [9.17, 15) is 9.59 Å². The monoisotopic (exact) mass is 379 g/mol. The summed E-state index contributed by atoms with van der Waals surface area (Å²) in [6, 6.07) is 5.21. The molecule has 0 spiro atoms. The predicted molar refractivity (Wildman–Crippen MR) is 101 cm³/mol. The molecule has 0 aliphatic carbocycles. The molecule has 25 heavy (non-hydrogen) atoms. The third-order valence-corrected chi connectivity index (χ3v) is 4.63. The number of esters is 1. The Bertz CT molecular complexity index is 770. The normalized spacial score (nSPS) is 16.0. The maximum Gasteiger partial charge on any atom is 0.343 e. The van der Waals surface area contributed by atoms with Crippen LogP contribution in [0.3, 0.4) is 0 Å². The van der Waals surface area contributed by atoms with E-state index in [0.29, 0.717) is 26.3 Å². The van der Waals surface area contributed by atoms with Gasteiger partial charge in [-0.3, -0.25) is 4.79 Å². The third kappa shape index (κ3) is 5.07. The van der Waals surface area contributed by atoms with Crippen molar-refractivity contribution in [2.45, 2.75) is 6.92 Å². The van der Waals surface area contributed by atoms with Gasteiger partial charge in [0.15, 0.2) is 6.61 Å². The number of hydrogen-bond donors (Lipinski definition) is 1. The van der Waals surface area contributed by atoms with Gasteiger partial charge in [0.05, 0.1) is 19.1 Å². The molecule has 1 fully saturated rings. The highest BCUT2D eigenvalue weighted by molar-refractivity contribution is 8.26. The van der Waals surface area contributed by atoms with E-state index >= 15 is 0 Å². The number of methoxy groups -OCH3 is 2. The van der Waals surface area contributed by atoms with Gasteiger partial charge in [0.25, 0.3) is 5.91 Å². The minimum atomic E-state index is -0.475. The number of rotatable bonds is 6. The molecule has 0 aromatic heterocycles. The van der Waals surface area contributed by atoms with Crippen LogP contribution in [0.4, 0.5) is 0 Å². The molecule has 1 aliphatic rings. The largest absolute Gasteiger partial charge is 0.497 e. The third-order valence-electron chi connectivity index (χ3n) is 3.28. The van der Waals surface area contributed by atoms with Crippen molar-refractivity contribution in [3.05, 3.63) is 40.3 Å². The van der Waals surface area contributed by atoms with Gasteiger partial charge in [-0.05, 0) is 30.7 Å². The summed E-state index contributed by atoms with van der Waals surface area (Å²) in [4.78, 5) is 23.6. The fourth-order valence-corrected chi connectivity index (χ4v) is 3.02. The smallest absolute Gasteiger partial charge is 0.343 e. The fraction of sp³-hybridized carbons (Fsp3) is 0.235. The van der Waals surface area contributed by atoms with Crippen LogP contribution in [-0.2, 0) is 14.3 Å². The Balaban J connectivity index is 2.27. The standard InChI is InChI=1S/C17H17NO5S2/c1-10(15-16(20)18-17(24)25-15)4-5-11-8-12(21-2)6-7-13(11)23-9-14(19)22-3/h4-8H,9H2,1-3H3,(H,18,20,24). The Hall–Kier alpha value is -2.32. The molecule has 1 heterocycles. The number of thiocarbonyl (C=S) groups is 1. The SMILES string of the molecule is COC(=O)COc1ccc(OC)cc1C=CC(C)=C1SC(=S)NC1=O. The van der Waals surface area contributed by atoms with Crippen molar-refractivity contribution in [3.63, 3.8) is 0 Å². The van der Waals surface area contributed by atoms with Gasteiger partial charge in [-0.2, -0.15) is 0 Å². The zero-order valence-electron chi connectivity index (χ0n) is 14.0. The van der Waals surface area contributed by atoms with Crippen LogP contribution < -0.4 is 14.8 Å².